The Bertz CT molecular complexity index is 268. The van der Waals surface area contributed by atoms with Crippen molar-refractivity contribution in [1.29, 1.82) is 0 Å². The summed E-state index contributed by atoms with van der Waals surface area (Å²) in [5.74, 6) is 0. The van der Waals surface area contributed by atoms with Gasteiger partial charge in [-0.25, -0.2) is 0 Å². The average Bonchev–Trinajstić information content (AvgIpc) is 2.23. The molecule has 0 radical (unpaired) electrons. The third kappa shape index (κ3) is 3.82. The van der Waals surface area contributed by atoms with E-state index in [4.69, 9.17) is 5.73 Å². The van der Waals surface area contributed by atoms with Gasteiger partial charge >= 0.3 is 0 Å². The summed E-state index contributed by atoms with van der Waals surface area (Å²) >= 11 is 0. The predicted molar refractivity (Wildman–Crippen MR) is 58.9 cm³/mol. The van der Waals surface area contributed by atoms with E-state index in [-0.39, 0.29) is 12.4 Å². The minimum Gasteiger partial charge on any atom is -1.00 e. The number of nitrogens with two attached hydrogens (primary N) is 1. The number of likely N-dealkylation sites (tertiary alicyclic amines) is 1. The van der Waals surface area contributed by atoms with Crippen molar-refractivity contribution >= 4 is 0 Å². The molecule has 1 saturated heterocycles. The number of piperidine rings is 1. The van der Waals surface area contributed by atoms with Crippen LogP contribution in [0.4, 0.5) is 0 Å². The molecule has 1 heterocycles. The van der Waals surface area contributed by atoms with Gasteiger partial charge in [-0.2, -0.15) is 0 Å². The molecule has 1 aliphatic rings. The van der Waals surface area contributed by atoms with Gasteiger partial charge in [0.25, 0.3) is 0 Å². The van der Waals surface area contributed by atoms with E-state index in [1.54, 1.807) is 0 Å². The van der Waals surface area contributed by atoms with E-state index < -0.39 is 0 Å². The first-order valence-corrected chi connectivity index (χ1v) is 5.36. The Morgan fingerprint density at radius 2 is 1.73 bits per heavy atom. The molecule has 1 aromatic carbocycles. The van der Waals surface area contributed by atoms with Gasteiger partial charge in [-0.15, -0.1) is 0 Å². The fraction of sp³-hybridized carbons (Fsp3) is 0.500. The maximum absolute atomic E-state index is 5.86. The fourth-order valence-electron chi connectivity index (χ4n) is 1.95. The summed E-state index contributed by atoms with van der Waals surface area (Å²) in [5.41, 5.74) is 7.27. The molecule has 0 spiro atoms. The summed E-state index contributed by atoms with van der Waals surface area (Å²) in [5, 5.41) is 0. The lowest BCUT2D eigenvalue weighted by molar-refractivity contribution is -0.00000308. The summed E-state index contributed by atoms with van der Waals surface area (Å²) in [6, 6.07) is 11.1. The fourth-order valence-corrected chi connectivity index (χ4v) is 1.95. The first kappa shape index (κ1) is 12.5. The Hall–Kier alpha value is -0.570. The van der Waals surface area contributed by atoms with Gasteiger partial charge in [-0.05, 0) is 31.5 Å². The first-order chi connectivity index (χ1) is 6.84. The third-order valence-corrected chi connectivity index (χ3v) is 2.88. The summed E-state index contributed by atoms with van der Waals surface area (Å²) in [7, 11) is 0. The summed E-state index contributed by atoms with van der Waals surface area (Å²) < 4.78 is 0. The molecule has 3 heteroatoms. The topological polar surface area (TPSA) is 29.3 Å². The van der Waals surface area contributed by atoms with Crippen molar-refractivity contribution < 1.29 is 12.4 Å². The lowest BCUT2D eigenvalue weighted by Gasteiger charge is -2.29. The number of nitrogens with zero attached hydrogens (tertiary/aromatic N) is 1. The van der Waals surface area contributed by atoms with Gasteiger partial charge in [-0.1, -0.05) is 30.3 Å². The van der Waals surface area contributed by atoms with Crippen LogP contribution in [0.15, 0.2) is 30.3 Å². The van der Waals surface area contributed by atoms with Crippen LogP contribution in [0, 0.1) is 0 Å². The number of hydrogen-bond acceptors (Lipinski definition) is 2. The molecule has 1 fully saturated rings. The van der Waals surface area contributed by atoms with Crippen LogP contribution in [0.1, 0.15) is 18.4 Å². The normalized spacial score (nSPS) is 18.5. The van der Waals surface area contributed by atoms with E-state index >= 15 is 0 Å². The predicted octanol–water partition coefficient (Wildman–Crippen LogP) is -1.39. The van der Waals surface area contributed by atoms with Crippen LogP contribution in [0.3, 0.4) is 0 Å². The molecule has 0 aromatic heterocycles. The zero-order chi connectivity index (χ0) is 9.80. The van der Waals surface area contributed by atoms with Crippen molar-refractivity contribution in [2.45, 2.75) is 25.4 Å². The molecule has 1 aliphatic heterocycles. The maximum atomic E-state index is 5.86. The highest BCUT2D eigenvalue weighted by molar-refractivity contribution is 5.14. The second-order valence-electron chi connectivity index (χ2n) is 4.10. The van der Waals surface area contributed by atoms with E-state index in [2.05, 4.69) is 35.2 Å². The lowest BCUT2D eigenvalue weighted by atomic mass is 10.1. The highest BCUT2D eigenvalue weighted by atomic mass is 35.5. The number of halogens is 1. The quantitative estimate of drug-likeness (QED) is 0.672. The van der Waals surface area contributed by atoms with Gasteiger partial charge in [0, 0.05) is 12.6 Å². The Morgan fingerprint density at radius 3 is 2.33 bits per heavy atom. The molecule has 0 atom stereocenters. The monoisotopic (exact) mass is 225 g/mol. The summed E-state index contributed by atoms with van der Waals surface area (Å²) in [4.78, 5) is 2.48. The molecule has 0 saturated carbocycles. The van der Waals surface area contributed by atoms with Crippen LogP contribution in [-0.2, 0) is 6.54 Å². The average molecular weight is 226 g/mol. The molecular formula is C12H18ClN2-. The van der Waals surface area contributed by atoms with Gasteiger partial charge in [0.1, 0.15) is 0 Å². The Balaban J connectivity index is 0.00000112. The molecule has 15 heavy (non-hydrogen) atoms. The van der Waals surface area contributed by atoms with E-state index in [1.165, 1.54) is 5.56 Å². The van der Waals surface area contributed by atoms with E-state index in [0.717, 1.165) is 32.5 Å². The van der Waals surface area contributed by atoms with Crippen LogP contribution in [0.5, 0.6) is 0 Å². The third-order valence-electron chi connectivity index (χ3n) is 2.88. The van der Waals surface area contributed by atoms with Crippen LogP contribution < -0.4 is 18.1 Å². The second kappa shape index (κ2) is 6.11. The van der Waals surface area contributed by atoms with Gasteiger partial charge in [0.2, 0.25) is 0 Å². The number of hydrogen-bond donors (Lipinski definition) is 1. The molecule has 1 aromatic rings. The van der Waals surface area contributed by atoms with Gasteiger partial charge in [0.15, 0.2) is 0 Å². The molecule has 84 valence electrons. The molecule has 2 N–H and O–H groups in total. The van der Waals surface area contributed by atoms with Crippen molar-refractivity contribution in [3.63, 3.8) is 0 Å². The standard InChI is InChI=1S/C12H18N2.ClH/c13-12-6-8-14(9-7-12)10-11-4-2-1-3-5-11;/h1-5,12H,6-10,13H2;1H/p-1. The van der Waals surface area contributed by atoms with Crippen LogP contribution >= 0.6 is 0 Å². The van der Waals surface area contributed by atoms with E-state index in [1.807, 2.05) is 0 Å². The molecule has 0 unspecified atom stereocenters. The minimum atomic E-state index is 0. The Morgan fingerprint density at radius 1 is 1.13 bits per heavy atom. The smallest absolute Gasteiger partial charge is 0.0233 e. The zero-order valence-electron chi connectivity index (χ0n) is 8.90. The SMILES string of the molecule is NC1CCN(Cc2ccccc2)CC1.[Cl-]. The van der Waals surface area contributed by atoms with E-state index in [9.17, 15) is 0 Å². The minimum absolute atomic E-state index is 0. The van der Waals surface area contributed by atoms with Crippen LogP contribution in [0.25, 0.3) is 0 Å². The molecule has 0 amide bonds. The van der Waals surface area contributed by atoms with Crippen molar-refractivity contribution in [2.75, 3.05) is 13.1 Å². The second-order valence-corrected chi connectivity index (χ2v) is 4.10. The molecule has 2 nitrogen and oxygen atoms in total. The highest BCUT2D eigenvalue weighted by Gasteiger charge is 2.15. The van der Waals surface area contributed by atoms with Crippen LogP contribution in [-0.4, -0.2) is 24.0 Å². The van der Waals surface area contributed by atoms with Crippen molar-refractivity contribution in [1.82, 2.24) is 4.90 Å². The molecular weight excluding hydrogens is 208 g/mol. The molecule has 2 rings (SSSR count). The molecule has 0 aliphatic carbocycles. The van der Waals surface area contributed by atoms with Crippen LogP contribution in [0.2, 0.25) is 0 Å². The summed E-state index contributed by atoms with van der Waals surface area (Å²) in [6.07, 6.45) is 2.29. The van der Waals surface area contributed by atoms with Crippen molar-refractivity contribution in [2.24, 2.45) is 5.73 Å². The van der Waals surface area contributed by atoms with Gasteiger partial charge in [-0.3, -0.25) is 4.90 Å². The largest absolute Gasteiger partial charge is 1.00 e. The zero-order valence-corrected chi connectivity index (χ0v) is 9.66. The van der Waals surface area contributed by atoms with Crippen molar-refractivity contribution in [3.05, 3.63) is 35.9 Å². The lowest BCUT2D eigenvalue weighted by Crippen LogP contribution is -3.00. The van der Waals surface area contributed by atoms with Crippen molar-refractivity contribution in [3.8, 4) is 0 Å². The number of rotatable bonds is 2. The van der Waals surface area contributed by atoms with E-state index in [0.29, 0.717) is 6.04 Å². The molecule has 0 bridgehead atoms. The van der Waals surface area contributed by atoms with Gasteiger partial charge in [0.05, 0.1) is 0 Å². The first-order valence-electron chi connectivity index (χ1n) is 5.36. The Labute approximate surface area is 97.9 Å². The Kier molecular flexibility index (Phi) is 5.09. The van der Waals surface area contributed by atoms with Gasteiger partial charge < -0.3 is 18.1 Å². The summed E-state index contributed by atoms with van der Waals surface area (Å²) in [6.45, 7) is 3.37. The number of benzene rings is 1. The highest BCUT2D eigenvalue weighted by Crippen LogP contribution is 2.11. The maximum Gasteiger partial charge on any atom is 0.0233 e.